The Morgan fingerprint density at radius 3 is 2.94 bits per heavy atom. The summed E-state index contributed by atoms with van der Waals surface area (Å²) < 4.78 is 4.91. The smallest absolute Gasteiger partial charge is 0.257 e. The molecule has 1 rings (SSSR count). The van der Waals surface area contributed by atoms with Gasteiger partial charge >= 0.3 is 0 Å². The first-order valence-electron chi connectivity index (χ1n) is 4.94. The molecule has 16 heavy (non-hydrogen) atoms. The van der Waals surface area contributed by atoms with E-state index in [1.54, 1.807) is 26.0 Å². The second-order valence-corrected chi connectivity index (χ2v) is 4.26. The maximum atomic E-state index is 11.9. The Morgan fingerprint density at radius 1 is 1.75 bits per heavy atom. The van der Waals surface area contributed by atoms with Gasteiger partial charge < -0.3 is 9.64 Å². The van der Waals surface area contributed by atoms with Crippen molar-refractivity contribution < 1.29 is 9.53 Å². The zero-order valence-corrected chi connectivity index (χ0v) is 10.4. The predicted octanol–water partition coefficient (Wildman–Crippen LogP) is 1.04. The molecule has 6 heteroatoms. The summed E-state index contributed by atoms with van der Waals surface area (Å²) in [6.45, 7) is 2.67. The van der Waals surface area contributed by atoms with Gasteiger partial charge in [0.15, 0.2) is 0 Å². The third kappa shape index (κ3) is 3.21. The highest BCUT2D eigenvalue weighted by Crippen LogP contribution is 2.08. The molecule has 0 fully saturated rings. The molecule has 0 aliphatic rings. The lowest BCUT2D eigenvalue weighted by Crippen LogP contribution is -2.34. The summed E-state index contributed by atoms with van der Waals surface area (Å²) in [6, 6.07) is 0. The minimum Gasteiger partial charge on any atom is -0.383 e. The number of amides is 1. The fourth-order valence-electron chi connectivity index (χ4n) is 1.39. The first kappa shape index (κ1) is 13.0. The van der Waals surface area contributed by atoms with Crippen LogP contribution in [0.5, 0.6) is 0 Å². The van der Waals surface area contributed by atoms with E-state index < -0.39 is 0 Å². The molecule has 1 atom stereocenters. The van der Waals surface area contributed by atoms with Gasteiger partial charge in [0.05, 0.1) is 23.7 Å². The van der Waals surface area contributed by atoms with E-state index in [1.807, 2.05) is 0 Å². The largest absolute Gasteiger partial charge is 0.383 e. The van der Waals surface area contributed by atoms with Crippen molar-refractivity contribution in [2.45, 2.75) is 12.3 Å². The van der Waals surface area contributed by atoms with Gasteiger partial charge in [0.2, 0.25) is 0 Å². The van der Waals surface area contributed by atoms with Crippen LogP contribution in [0.15, 0.2) is 6.20 Å². The Morgan fingerprint density at radius 2 is 2.44 bits per heavy atom. The Bertz CT molecular complexity index is 354. The minimum atomic E-state index is -0.203. The number of hydrogen-bond donors (Lipinski definition) is 1. The zero-order valence-electron chi connectivity index (χ0n) is 9.66. The molecule has 0 aliphatic carbocycles. The number of rotatable bonds is 5. The van der Waals surface area contributed by atoms with Crippen molar-refractivity contribution in [3.8, 4) is 0 Å². The van der Waals surface area contributed by atoms with Crippen LogP contribution in [0.25, 0.3) is 0 Å². The average Bonchev–Trinajstić information content (AvgIpc) is 2.63. The van der Waals surface area contributed by atoms with Gasteiger partial charge in [-0.25, -0.2) is 0 Å². The van der Waals surface area contributed by atoms with E-state index >= 15 is 0 Å². The molecule has 1 unspecified atom stereocenters. The molecule has 0 saturated carbocycles. The van der Waals surface area contributed by atoms with Gasteiger partial charge in [0.1, 0.15) is 0 Å². The Hall–Kier alpha value is -1.07. The zero-order chi connectivity index (χ0) is 12.1. The first-order chi connectivity index (χ1) is 7.56. The maximum absolute atomic E-state index is 11.9. The topological polar surface area (TPSA) is 58.2 Å². The number of H-pyrrole nitrogens is 1. The van der Waals surface area contributed by atoms with Crippen molar-refractivity contribution in [3.05, 3.63) is 17.5 Å². The molecule has 0 radical (unpaired) electrons. The Balaban J connectivity index is 2.58. The summed E-state index contributed by atoms with van der Waals surface area (Å²) in [5.74, 6) is -0.0898. The number of methoxy groups -OCH3 is 1. The third-order valence-electron chi connectivity index (χ3n) is 2.23. The number of ether oxygens (including phenoxy) is 1. The van der Waals surface area contributed by atoms with E-state index in [0.717, 1.165) is 5.69 Å². The molecule has 1 heterocycles. The number of aromatic nitrogens is 2. The van der Waals surface area contributed by atoms with Crippen molar-refractivity contribution in [2.24, 2.45) is 0 Å². The monoisotopic (exact) mass is 245 g/mol. The van der Waals surface area contributed by atoms with Crippen LogP contribution < -0.4 is 0 Å². The molecular formula is C10H16ClN3O2. The second-order valence-electron chi connectivity index (χ2n) is 3.65. The summed E-state index contributed by atoms with van der Waals surface area (Å²) in [5, 5.41) is 6.34. The van der Waals surface area contributed by atoms with Crippen molar-refractivity contribution in [1.29, 1.82) is 0 Å². The van der Waals surface area contributed by atoms with E-state index in [0.29, 0.717) is 18.7 Å². The lowest BCUT2D eigenvalue weighted by Gasteiger charge is -2.19. The van der Waals surface area contributed by atoms with Gasteiger partial charge in [0.25, 0.3) is 5.91 Å². The van der Waals surface area contributed by atoms with Gasteiger partial charge in [-0.15, -0.1) is 11.6 Å². The molecule has 0 aliphatic heterocycles. The fourth-order valence-corrected chi connectivity index (χ4v) is 1.72. The van der Waals surface area contributed by atoms with Crippen molar-refractivity contribution in [1.82, 2.24) is 15.1 Å². The molecule has 90 valence electrons. The summed E-state index contributed by atoms with van der Waals surface area (Å²) in [6.07, 6.45) is 1.52. The molecule has 1 N–H and O–H groups in total. The molecule has 1 aromatic heterocycles. The van der Waals surface area contributed by atoms with Crippen molar-refractivity contribution in [2.75, 3.05) is 27.3 Å². The number of carbonyl (C=O) groups excluding carboxylic acids is 1. The van der Waals surface area contributed by atoms with Crippen molar-refractivity contribution in [3.63, 3.8) is 0 Å². The van der Waals surface area contributed by atoms with Crippen LogP contribution in [0, 0.1) is 6.92 Å². The number of nitrogens with one attached hydrogen (secondary N) is 1. The first-order valence-corrected chi connectivity index (χ1v) is 5.38. The van der Waals surface area contributed by atoms with E-state index in [2.05, 4.69) is 10.2 Å². The SMILES string of the molecule is COCC(Cl)CN(C)C(=O)c1cn[nH]c1C. The van der Waals surface area contributed by atoms with E-state index in [-0.39, 0.29) is 11.3 Å². The maximum Gasteiger partial charge on any atom is 0.257 e. The highest BCUT2D eigenvalue weighted by atomic mass is 35.5. The number of nitrogens with zero attached hydrogens (tertiary/aromatic N) is 2. The summed E-state index contributed by atoms with van der Waals surface area (Å²) in [7, 11) is 3.29. The lowest BCUT2D eigenvalue weighted by molar-refractivity contribution is 0.0781. The van der Waals surface area contributed by atoms with Gasteiger partial charge in [-0.3, -0.25) is 9.89 Å². The normalized spacial score (nSPS) is 12.5. The quantitative estimate of drug-likeness (QED) is 0.789. The van der Waals surface area contributed by atoms with Crippen LogP contribution in [0.4, 0.5) is 0 Å². The van der Waals surface area contributed by atoms with Crippen LogP contribution >= 0.6 is 11.6 Å². The molecular weight excluding hydrogens is 230 g/mol. The molecule has 0 spiro atoms. The van der Waals surface area contributed by atoms with Gasteiger partial charge in [-0.05, 0) is 6.92 Å². The summed E-state index contributed by atoms with van der Waals surface area (Å²) in [4.78, 5) is 13.5. The molecule has 0 saturated heterocycles. The minimum absolute atomic E-state index is 0.0898. The van der Waals surface area contributed by atoms with E-state index in [4.69, 9.17) is 16.3 Å². The van der Waals surface area contributed by atoms with Crippen LogP contribution in [0.3, 0.4) is 0 Å². The van der Waals surface area contributed by atoms with Crippen LogP contribution in [-0.2, 0) is 4.74 Å². The predicted molar refractivity (Wildman–Crippen MR) is 61.8 cm³/mol. The number of hydrogen-bond acceptors (Lipinski definition) is 3. The Labute approximate surface area is 99.7 Å². The molecule has 1 aromatic rings. The van der Waals surface area contributed by atoms with Crippen LogP contribution in [0.1, 0.15) is 16.1 Å². The number of aromatic amines is 1. The number of halogens is 1. The highest BCUT2D eigenvalue weighted by molar-refractivity contribution is 6.21. The number of aryl methyl sites for hydroxylation is 1. The molecule has 1 amide bonds. The lowest BCUT2D eigenvalue weighted by atomic mass is 10.2. The van der Waals surface area contributed by atoms with E-state index in [1.165, 1.54) is 6.20 Å². The number of carbonyl (C=O) groups is 1. The Kier molecular flexibility index (Phi) is 4.76. The molecule has 0 aromatic carbocycles. The van der Waals surface area contributed by atoms with Crippen LogP contribution in [-0.4, -0.2) is 53.7 Å². The third-order valence-corrected chi connectivity index (χ3v) is 2.49. The van der Waals surface area contributed by atoms with Crippen LogP contribution in [0.2, 0.25) is 0 Å². The summed E-state index contributed by atoms with van der Waals surface area (Å²) in [5.41, 5.74) is 1.33. The summed E-state index contributed by atoms with van der Waals surface area (Å²) >= 11 is 5.98. The number of alkyl halides is 1. The standard InChI is InChI=1S/C10H16ClN3O2/c1-7-9(4-12-13-7)10(15)14(2)5-8(11)6-16-3/h4,8H,5-6H2,1-3H3,(H,12,13). The molecule has 0 bridgehead atoms. The highest BCUT2D eigenvalue weighted by Gasteiger charge is 2.18. The van der Waals surface area contributed by atoms with Gasteiger partial charge in [0, 0.05) is 26.4 Å². The fraction of sp³-hybridized carbons (Fsp3) is 0.600. The van der Waals surface area contributed by atoms with Gasteiger partial charge in [-0.1, -0.05) is 0 Å². The molecule has 5 nitrogen and oxygen atoms in total. The second kappa shape index (κ2) is 5.86. The van der Waals surface area contributed by atoms with Crippen molar-refractivity contribution >= 4 is 17.5 Å². The van der Waals surface area contributed by atoms with Gasteiger partial charge in [-0.2, -0.15) is 5.10 Å². The average molecular weight is 246 g/mol. The van der Waals surface area contributed by atoms with E-state index in [9.17, 15) is 4.79 Å².